The molecule has 1 aliphatic rings. The fraction of sp³-hybridized carbons (Fsp3) is 0.368. The van der Waals surface area contributed by atoms with Gasteiger partial charge in [-0.3, -0.25) is 4.90 Å². The first-order valence-corrected chi connectivity index (χ1v) is 8.87. The number of halogens is 9. The summed E-state index contributed by atoms with van der Waals surface area (Å²) >= 11 is 0. The Morgan fingerprint density at radius 3 is 1.81 bits per heavy atom. The van der Waals surface area contributed by atoms with Crippen LogP contribution < -0.4 is 14.8 Å². The first-order chi connectivity index (χ1) is 14.0. The predicted molar refractivity (Wildman–Crippen MR) is 107 cm³/mol. The summed E-state index contributed by atoms with van der Waals surface area (Å²) in [6.07, 6.45) is -9.81. The van der Waals surface area contributed by atoms with Gasteiger partial charge in [0.05, 0.1) is 6.04 Å². The minimum Gasteiger partial charge on any atom is -0.406 e. The molecule has 32 heavy (non-hydrogen) atoms. The van der Waals surface area contributed by atoms with Gasteiger partial charge in [-0.25, -0.2) is 4.39 Å². The number of benzene rings is 2. The molecular formula is C19H19Cl2F7N2O2. The highest BCUT2D eigenvalue weighted by atomic mass is 35.5. The smallest absolute Gasteiger partial charge is 0.406 e. The van der Waals surface area contributed by atoms with Gasteiger partial charge >= 0.3 is 12.7 Å². The summed E-state index contributed by atoms with van der Waals surface area (Å²) in [7, 11) is 0. The van der Waals surface area contributed by atoms with Crippen LogP contribution in [0.25, 0.3) is 0 Å². The van der Waals surface area contributed by atoms with E-state index in [0.717, 1.165) is 30.3 Å². The van der Waals surface area contributed by atoms with Crippen molar-refractivity contribution in [3.63, 3.8) is 0 Å². The Morgan fingerprint density at radius 2 is 1.28 bits per heavy atom. The molecule has 0 spiro atoms. The topological polar surface area (TPSA) is 33.7 Å². The van der Waals surface area contributed by atoms with Gasteiger partial charge in [-0.15, -0.1) is 51.2 Å². The van der Waals surface area contributed by atoms with Crippen LogP contribution in [0.15, 0.2) is 42.5 Å². The van der Waals surface area contributed by atoms with E-state index >= 15 is 0 Å². The zero-order chi connectivity index (χ0) is 21.9. The molecule has 4 nitrogen and oxygen atoms in total. The summed E-state index contributed by atoms with van der Waals surface area (Å²) in [5.41, 5.74) is 0.317. The van der Waals surface area contributed by atoms with Crippen molar-refractivity contribution in [1.29, 1.82) is 0 Å². The van der Waals surface area contributed by atoms with E-state index in [1.54, 1.807) is 0 Å². The number of piperazine rings is 1. The van der Waals surface area contributed by atoms with Crippen molar-refractivity contribution >= 4 is 24.8 Å². The van der Waals surface area contributed by atoms with Gasteiger partial charge in [-0.05, 0) is 35.9 Å². The lowest BCUT2D eigenvalue weighted by atomic mass is 9.95. The van der Waals surface area contributed by atoms with Crippen LogP contribution in [0.5, 0.6) is 11.5 Å². The van der Waals surface area contributed by atoms with E-state index < -0.39 is 36.1 Å². The SMILES string of the molecule is Cl.Cl.Fc1ccc(OC(F)(F)F)cc1[C@H](c1ccc(OC(F)(F)F)cc1)N1CCNCC1. The third-order valence-electron chi connectivity index (χ3n) is 4.44. The molecule has 1 heterocycles. The lowest BCUT2D eigenvalue weighted by Gasteiger charge is -2.36. The van der Waals surface area contributed by atoms with Crippen molar-refractivity contribution < 1.29 is 40.2 Å². The Kier molecular flexibility index (Phi) is 9.88. The summed E-state index contributed by atoms with van der Waals surface area (Å²) < 4.78 is 97.4. The van der Waals surface area contributed by atoms with Crippen LogP contribution in [-0.2, 0) is 0 Å². The van der Waals surface area contributed by atoms with E-state index in [2.05, 4.69) is 14.8 Å². The lowest BCUT2D eigenvalue weighted by Crippen LogP contribution is -2.45. The van der Waals surface area contributed by atoms with Gasteiger partial charge in [0.2, 0.25) is 0 Å². The Balaban J connectivity index is 0.00000256. The van der Waals surface area contributed by atoms with Gasteiger partial charge in [0.1, 0.15) is 17.3 Å². The summed E-state index contributed by atoms with van der Waals surface area (Å²) in [4.78, 5) is 1.83. The molecule has 0 aromatic heterocycles. The quantitative estimate of drug-likeness (QED) is 0.541. The van der Waals surface area contributed by atoms with Crippen LogP contribution >= 0.6 is 24.8 Å². The molecule has 0 radical (unpaired) electrons. The predicted octanol–water partition coefficient (Wildman–Crippen LogP) is 5.46. The zero-order valence-electron chi connectivity index (χ0n) is 16.2. The molecule has 1 atom stereocenters. The molecule has 0 unspecified atom stereocenters. The fourth-order valence-electron chi connectivity index (χ4n) is 3.31. The number of nitrogens with one attached hydrogen (secondary N) is 1. The molecule has 1 aliphatic heterocycles. The van der Waals surface area contributed by atoms with Crippen molar-refractivity contribution in [1.82, 2.24) is 10.2 Å². The molecule has 0 aliphatic carbocycles. The second-order valence-corrected chi connectivity index (χ2v) is 6.54. The zero-order valence-corrected chi connectivity index (χ0v) is 17.8. The van der Waals surface area contributed by atoms with Crippen LogP contribution in [0.3, 0.4) is 0 Å². The third kappa shape index (κ3) is 7.88. The van der Waals surface area contributed by atoms with Crippen molar-refractivity contribution in [2.75, 3.05) is 26.2 Å². The maximum Gasteiger partial charge on any atom is 0.573 e. The summed E-state index contributed by atoms with van der Waals surface area (Å²) in [5.74, 6) is -1.81. The van der Waals surface area contributed by atoms with Gasteiger partial charge in [0, 0.05) is 31.7 Å². The average Bonchev–Trinajstić information content (AvgIpc) is 2.64. The van der Waals surface area contributed by atoms with E-state index in [4.69, 9.17) is 0 Å². The third-order valence-corrected chi connectivity index (χ3v) is 4.44. The van der Waals surface area contributed by atoms with Crippen LogP contribution in [-0.4, -0.2) is 43.8 Å². The molecule has 2 aromatic rings. The number of alkyl halides is 6. The van der Waals surface area contributed by atoms with E-state index in [1.165, 1.54) is 12.1 Å². The van der Waals surface area contributed by atoms with Crippen LogP contribution in [0.4, 0.5) is 30.7 Å². The summed E-state index contributed by atoms with van der Waals surface area (Å²) in [6, 6.07) is 6.65. The Bertz CT molecular complexity index is 858. The van der Waals surface area contributed by atoms with Crippen LogP contribution in [0.1, 0.15) is 17.2 Å². The maximum absolute atomic E-state index is 14.6. The molecule has 1 fully saturated rings. The fourth-order valence-corrected chi connectivity index (χ4v) is 3.31. The number of nitrogens with zero attached hydrogens (tertiary/aromatic N) is 1. The number of hydrogen-bond donors (Lipinski definition) is 1. The van der Waals surface area contributed by atoms with E-state index in [0.29, 0.717) is 31.7 Å². The summed E-state index contributed by atoms with van der Waals surface area (Å²) in [5, 5.41) is 3.11. The van der Waals surface area contributed by atoms with Gasteiger partial charge in [-0.1, -0.05) is 12.1 Å². The second-order valence-electron chi connectivity index (χ2n) is 6.54. The maximum atomic E-state index is 14.6. The number of hydrogen-bond acceptors (Lipinski definition) is 4. The largest absolute Gasteiger partial charge is 0.573 e. The van der Waals surface area contributed by atoms with Gasteiger partial charge < -0.3 is 14.8 Å². The van der Waals surface area contributed by atoms with E-state index in [-0.39, 0.29) is 30.4 Å². The minimum absolute atomic E-state index is 0. The molecule has 13 heteroatoms. The standard InChI is InChI=1S/C19H17F7N2O2.2ClH/c20-16-6-5-14(30-19(24,25)26)11-15(16)17(28-9-7-27-8-10-28)12-1-3-13(4-2-12)29-18(21,22)23;;/h1-6,11,17,27H,7-10H2;2*1H/t17-;;/m0../s1. The van der Waals surface area contributed by atoms with Crippen LogP contribution in [0.2, 0.25) is 0 Å². The monoisotopic (exact) mass is 510 g/mol. The second kappa shape index (κ2) is 11.3. The normalized spacial score (nSPS) is 15.8. The molecule has 0 bridgehead atoms. The highest BCUT2D eigenvalue weighted by Crippen LogP contribution is 2.35. The highest BCUT2D eigenvalue weighted by Gasteiger charge is 2.33. The molecule has 2 aromatic carbocycles. The molecule has 0 amide bonds. The van der Waals surface area contributed by atoms with Crippen molar-refractivity contribution in [2.45, 2.75) is 18.8 Å². The van der Waals surface area contributed by atoms with Gasteiger partial charge in [0.25, 0.3) is 0 Å². The molecule has 1 N–H and O–H groups in total. The van der Waals surface area contributed by atoms with Crippen molar-refractivity contribution in [2.24, 2.45) is 0 Å². The molecule has 1 saturated heterocycles. The number of rotatable bonds is 5. The van der Waals surface area contributed by atoms with E-state index in [1.807, 2.05) is 4.90 Å². The molecule has 0 saturated carbocycles. The summed E-state index contributed by atoms with van der Waals surface area (Å²) in [6.45, 7) is 2.03. The molecular weight excluding hydrogens is 492 g/mol. The van der Waals surface area contributed by atoms with Crippen molar-refractivity contribution in [3.8, 4) is 11.5 Å². The Labute approximate surface area is 191 Å². The van der Waals surface area contributed by atoms with Gasteiger partial charge in [0.15, 0.2) is 0 Å². The van der Waals surface area contributed by atoms with Gasteiger partial charge in [-0.2, -0.15) is 0 Å². The Hall–Kier alpha value is -1.95. The first kappa shape index (κ1) is 28.1. The lowest BCUT2D eigenvalue weighted by molar-refractivity contribution is -0.275. The molecule has 180 valence electrons. The minimum atomic E-state index is -4.95. The first-order valence-electron chi connectivity index (χ1n) is 8.87. The van der Waals surface area contributed by atoms with Crippen molar-refractivity contribution in [3.05, 3.63) is 59.4 Å². The average molecular weight is 511 g/mol. The molecule has 3 rings (SSSR count). The highest BCUT2D eigenvalue weighted by molar-refractivity contribution is 5.85. The Morgan fingerprint density at radius 1 is 0.781 bits per heavy atom. The van der Waals surface area contributed by atoms with Crippen LogP contribution in [0, 0.1) is 5.82 Å². The van der Waals surface area contributed by atoms with E-state index in [9.17, 15) is 30.7 Å². The number of ether oxygens (including phenoxy) is 2.